The largest absolute Gasteiger partial charge is 0.330 e. The van der Waals surface area contributed by atoms with Crippen LogP contribution < -0.4 is 11.1 Å². The van der Waals surface area contributed by atoms with Crippen LogP contribution in [0.1, 0.15) is 52.5 Å². The Hall–Kier alpha value is -1.35. The summed E-state index contributed by atoms with van der Waals surface area (Å²) in [5, 5.41) is 3.04. The Balaban J connectivity index is 2.57. The van der Waals surface area contributed by atoms with Crippen LogP contribution in [-0.4, -0.2) is 12.5 Å². The third-order valence-electron chi connectivity index (χ3n) is 4.13. The minimum absolute atomic E-state index is 0.0992. The van der Waals surface area contributed by atoms with Gasteiger partial charge in [-0.05, 0) is 48.8 Å². The molecule has 0 radical (unpaired) electrons. The molecule has 3 N–H and O–H groups in total. The zero-order chi connectivity index (χ0) is 15.9. The van der Waals surface area contributed by atoms with E-state index in [0.29, 0.717) is 18.9 Å². The molecule has 0 bridgehead atoms. The van der Waals surface area contributed by atoms with Gasteiger partial charge < -0.3 is 11.1 Å². The van der Waals surface area contributed by atoms with E-state index in [9.17, 15) is 4.79 Å². The van der Waals surface area contributed by atoms with E-state index < -0.39 is 0 Å². The van der Waals surface area contributed by atoms with Crippen molar-refractivity contribution in [3.8, 4) is 0 Å². The highest BCUT2D eigenvalue weighted by Gasteiger charge is 2.24. The van der Waals surface area contributed by atoms with Crippen LogP contribution in [0.4, 0.5) is 5.69 Å². The molecule has 0 saturated heterocycles. The number of nitrogens with one attached hydrogen (secondary N) is 1. The molecule has 3 heteroatoms. The van der Waals surface area contributed by atoms with E-state index in [-0.39, 0.29) is 11.3 Å². The zero-order valence-corrected chi connectivity index (χ0v) is 13.9. The fourth-order valence-electron chi connectivity index (χ4n) is 2.68. The molecule has 0 aromatic heterocycles. The van der Waals surface area contributed by atoms with Gasteiger partial charge in [0.05, 0.1) is 0 Å². The normalized spacial score (nSPS) is 13.0. The van der Waals surface area contributed by atoms with Crippen LogP contribution in [0.2, 0.25) is 0 Å². The Bertz CT molecular complexity index is 449. The molecule has 1 atom stereocenters. The van der Waals surface area contributed by atoms with Gasteiger partial charge in [-0.3, -0.25) is 4.79 Å². The standard InChI is InChI=1S/C18H30N2O/c1-5-14-8-6-7-9-16(14)20-17(21)11-10-15(12-13-19)18(2,3)4/h6-9,15H,5,10-13,19H2,1-4H3,(H,20,21). The number of benzene rings is 1. The first-order valence-corrected chi connectivity index (χ1v) is 7.96. The van der Waals surface area contributed by atoms with Gasteiger partial charge in [-0.2, -0.15) is 0 Å². The van der Waals surface area contributed by atoms with Crippen molar-refractivity contribution in [2.45, 2.75) is 53.4 Å². The summed E-state index contributed by atoms with van der Waals surface area (Å²) in [6, 6.07) is 7.99. The molecule has 1 amide bonds. The summed E-state index contributed by atoms with van der Waals surface area (Å²) >= 11 is 0. The topological polar surface area (TPSA) is 55.1 Å². The van der Waals surface area contributed by atoms with E-state index in [1.165, 1.54) is 5.56 Å². The lowest BCUT2D eigenvalue weighted by Gasteiger charge is -2.30. The maximum Gasteiger partial charge on any atom is 0.224 e. The van der Waals surface area contributed by atoms with Crippen molar-refractivity contribution in [2.24, 2.45) is 17.1 Å². The van der Waals surface area contributed by atoms with Crippen molar-refractivity contribution < 1.29 is 4.79 Å². The first-order chi connectivity index (χ1) is 9.88. The molecule has 1 rings (SSSR count). The molecule has 0 heterocycles. The summed E-state index contributed by atoms with van der Waals surface area (Å²) < 4.78 is 0. The molecule has 0 fully saturated rings. The van der Waals surface area contributed by atoms with Crippen molar-refractivity contribution in [2.75, 3.05) is 11.9 Å². The minimum Gasteiger partial charge on any atom is -0.330 e. The molecular formula is C18H30N2O. The van der Waals surface area contributed by atoms with Crippen LogP contribution in [0.15, 0.2) is 24.3 Å². The molecule has 1 aromatic rings. The van der Waals surface area contributed by atoms with Gasteiger partial charge in [-0.1, -0.05) is 45.9 Å². The molecule has 0 aliphatic carbocycles. The highest BCUT2D eigenvalue weighted by molar-refractivity contribution is 5.91. The third-order valence-corrected chi connectivity index (χ3v) is 4.13. The summed E-state index contributed by atoms with van der Waals surface area (Å²) in [5.41, 5.74) is 8.01. The van der Waals surface area contributed by atoms with Crippen LogP contribution in [0.25, 0.3) is 0 Å². The van der Waals surface area contributed by atoms with Gasteiger partial charge in [0.25, 0.3) is 0 Å². The number of amides is 1. The van der Waals surface area contributed by atoms with Crippen LogP contribution in [0, 0.1) is 11.3 Å². The summed E-state index contributed by atoms with van der Waals surface area (Å²) in [6.45, 7) is 9.44. The summed E-state index contributed by atoms with van der Waals surface area (Å²) in [7, 11) is 0. The van der Waals surface area contributed by atoms with E-state index in [1.54, 1.807) is 0 Å². The van der Waals surface area contributed by atoms with Gasteiger partial charge in [-0.15, -0.1) is 0 Å². The monoisotopic (exact) mass is 290 g/mol. The maximum atomic E-state index is 12.2. The first-order valence-electron chi connectivity index (χ1n) is 7.96. The Kier molecular flexibility index (Phi) is 6.90. The second-order valence-electron chi connectivity index (χ2n) is 6.74. The number of hydrogen-bond acceptors (Lipinski definition) is 2. The quantitative estimate of drug-likeness (QED) is 0.798. The highest BCUT2D eigenvalue weighted by atomic mass is 16.1. The van der Waals surface area contributed by atoms with E-state index in [0.717, 1.165) is 24.9 Å². The van der Waals surface area contributed by atoms with Gasteiger partial charge in [0.2, 0.25) is 5.91 Å². The molecule has 0 spiro atoms. The lowest BCUT2D eigenvalue weighted by atomic mass is 9.76. The number of rotatable bonds is 7. The molecule has 0 aliphatic rings. The summed E-state index contributed by atoms with van der Waals surface area (Å²) in [4.78, 5) is 12.2. The molecule has 21 heavy (non-hydrogen) atoms. The number of carbonyl (C=O) groups excluding carboxylic acids is 1. The van der Waals surface area contributed by atoms with Crippen molar-refractivity contribution >= 4 is 11.6 Å². The van der Waals surface area contributed by atoms with Crippen LogP contribution in [0.3, 0.4) is 0 Å². The lowest BCUT2D eigenvalue weighted by molar-refractivity contribution is -0.116. The second kappa shape index (κ2) is 8.18. The number of aryl methyl sites for hydroxylation is 1. The molecule has 3 nitrogen and oxygen atoms in total. The van der Waals surface area contributed by atoms with Crippen molar-refractivity contribution in [3.05, 3.63) is 29.8 Å². The zero-order valence-electron chi connectivity index (χ0n) is 13.9. The van der Waals surface area contributed by atoms with Gasteiger partial charge in [-0.25, -0.2) is 0 Å². The predicted molar refractivity (Wildman–Crippen MR) is 90.3 cm³/mol. The summed E-state index contributed by atoms with van der Waals surface area (Å²) in [6.07, 6.45) is 3.34. The number of nitrogens with two attached hydrogens (primary N) is 1. The van der Waals surface area contributed by atoms with E-state index in [2.05, 4.69) is 39.1 Å². The molecule has 0 aliphatic heterocycles. The van der Waals surface area contributed by atoms with Gasteiger partial charge in [0.15, 0.2) is 0 Å². The number of carbonyl (C=O) groups is 1. The van der Waals surface area contributed by atoms with Gasteiger partial charge in [0.1, 0.15) is 0 Å². The van der Waals surface area contributed by atoms with E-state index in [4.69, 9.17) is 5.73 Å². The minimum atomic E-state index is 0.0992. The van der Waals surface area contributed by atoms with E-state index >= 15 is 0 Å². The van der Waals surface area contributed by atoms with Crippen molar-refractivity contribution in [1.29, 1.82) is 0 Å². The second-order valence-corrected chi connectivity index (χ2v) is 6.74. The fraction of sp³-hybridized carbons (Fsp3) is 0.611. The van der Waals surface area contributed by atoms with Gasteiger partial charge >= 0.3 is 0 Å². The highest BCUT2D eigenvalue weighted by Crippen LogP contribution is 2.32. The van der Waals surface area contributed by atoms with Crippen LogP contribution >= 0.6 is 0 Å². The van der Waals surface area contributed by atoms with E-state index in [1.807, 2.05) is 18.2 Å². The lowest BCUT2D eigenvalue weighted by Crippen LogP contribution is -2.25. The number of anilines is 1. The molecular weight excluding hydrogens is 260 g/mol. The maximum absolute atomic E-state index is 12.2. The molecule has 1 unspecified atom stereocenters. The predicted octanol–water partition coefficient (Wildman–Crippen LogP) is 3.98. The molecule has 118 valence electrons. The van der Waals surface area contributed by atoms with Gasteiger partial charge in [0, 0.05) is 12.1 Å². The van der Waals surface area contributed by atoms with Crippen molar-refractivity contribution in [3.63, 3.8) is 0 Å². The smallest absolute Gasteiger partial charge is 0.224 e. The molecule has 0 saturated carbocycles. The van der Waals surface area contributed by atoms with Crippen LogP contribution in [0.5, 0.6) is 0 Å². The average Bonchev–Trinajstić information content (AvgIpc) is 2.42. The Labute approximate surface area is 129 Å². The van der Waals surface area contributed by atoms with Crippen LogP contribution in [-0.2, 0) is 11.2 Å². The number of para-hydroxylation sites is 1. The Morgan fingerprint density at radius 1 is 1.24 bits per heavy atom. The Morgan fingerprint density at radius 3 is 2.48 bits per heavy atom. The first kappa shape index (κ1) is 17.7. The summed E-state index contributed by atoms with van der Waals surface area (Å²) in [5.74, 6) is 0.580. The fourth-order valence-corrected chi connectivity index (χ4v) is 2.68. The SMILES string of the molecule is CCc1ccccc1NC(=O)CCC(CCN)C(C)(C)C. The number of hydrogen-bond donors (Lipinski definition) is 2. The molecule has 1 aromatic carbocycles. The third kappa shape index (κ3) is 5.88. The van der Waals surface area contributed by atoms with Crippen molar-refractivity contribution in [1.82, 2.24) is 0 Å². The Morgan fingerprint density at radius 2 is 1.90 bits per heavy atom. The average molecular weight is 290 g/mol.